The highest BCUT2D eigenvalue weighted by Crippen LogP contribution is 2.34. The van der Waals surface area contributed by atoms with Crippen LogP contribution in [0.3, 0.4) is 0 Å². The molecule has 0 bridgehead atoms. The number of hydrogen-bond donors (Lipinski definition) is 1. The smallest absolute Gasteiger partial charge is 0.322 e. The Morgan fingerprint density at radius 1 is 1.00 bits per heavy atom. The van der Waals surface area contributed by atoms with E-state index in [0.29, 0.717) is 21.8 Å². The normalized spacial score (nSPS) is 14.9. The van der Waals surface area contributed by atoms with E-state index in [-0.39, 0.29) is 23.3 Å². The summed E-state index contributed by atoms with van der Waals surface area (Å²) in [6.07, 6.45) is -4.58. The van der Waals surface area contributed by atoms with Crippen LogP contribution in [0.5, 0.6) is 0 Å². The van der Waals surface area contributed by atoms with E-state index in [1.165, 1.54) is 30.3 Å². The molecule has 0 fully saturated rings. The standard InChI is InChI=1S/C26H25F6NO2S.C3H8/c1-5-20-21(13-19(14-22(20)34)26(30,31)32)33-24(35)16(4)23(36-6-2)12-7-15(3)17-8-10-18(11-9-17)25(27,28)29;1-3-2/h7-13H,4-6,14H2,1-3H3,(H,33,35);3H2,1-2H3/b15-7+,23-12+;. The molecule has 0 aliphatic heterocycles. The van der Waals surface area contributed by atoms with Crippen molar-refractivity contribution in [2.45, 2.75) is 66.2 Å². The molecule has 1 amide bonds. The van der Waals surface area contributed by atoms with Crippen LogP contribution in [0, 0.1) is 0 Å². The van der Waals surface area contributed by atoms with Crippen LogP contribution < -0.4 is 5.32 Å². The summed E-state index contributed by atoms with van der Waals surface area (Å²) in [6, 6.07) is 4.61. The van der Waals surface area contributed by atoms with Crippen molar-refractivity contribution in [3.63, 3.8) is 0 Å². The Bertz CT molecular complexity index is 1170. The molecule has 1 aromatic carbocycles. The number of alkyl halides is 6. The molecule has 0 spiro atoms. The highest BCUT2D eigenvalue weighted by atomic mass is 32.2. The van der Waals surface area contributed by atoms with Crippen LogP contribution in [0.4, 0.5) is 26.3 Å². The molecule has 1 aliphatic carbocycles. The van der Waals surface area contributed by atoms with E-state index < -0.39 is 41.6 Å². The van der Waals surface area contributed by atoms with Gasteiger partial charge in [0.05, 0.1) is 5.56 Å². The molecule has 39 heavy (non-hydrogen) atoms. The fourth-order valence-electron chi connectivity index (χ4n) is 3.34. The predicted octanol–water partition coefficient (Wildman–Crippen LogP) is 8.96. The zero-order chi connectivity index (χ0) is 30.0. The molecular formula is C29H33F6NO2S. The third-order valence-corrected chi connectivity index (χ3v) is 6.30. The largest absolute Gasteiger partial charge is 0.416 e. The summed E-state index contributed by atoms with van der Waals surface area (Å²) >= 11 is 1.26. The summed E-state index contributed by atoms with van der Waals surface area (Å²) in [5.74, 6) is -0.927. The lowest BCUT2D eigenvalue weighted by Crippen LogP contribution is -2.30. The molecule has 0 atom stereocenters. The minimum atomic E-state index is -4.70. The number of Topliss-reactive ketones (excluding diaryl/α,β-unsaturated/α-hetero) is 1. The Morgan fingerprint density at radius 2 is 1.56 bits per heavy atom. The SMILES string of the molecule is C=C(C(=O)NC1=C(CC)C(=O)CC(C(F)(F)F)=C1)/C(=C\C=C(/C)c1ccc(C(F)(F)F)cc1)SCC.CCC. The topological polar surface area (TPSA) is 46.2 Å². The van der Waals surface area contributed by atoms with Gasteiger partial charge in [-0.2, -0.15) is 26.3 Å². The number of carbonyl (C=O) groups is 2. The summed E-state index contributed by atoms with van der Waals surface area (Å²) in [6.45, 7) is 13.1. The summed E-state index contributed by atoms with van der Waals surface area (Å²) in [5.41, 5.74) is -0.788. The average molecular weight is 574 g/mol. The number of allylic oxidation sites excluding steroid dienone is 6. The van der Waals surface area contributed by atoms with E-state index in [9.17, 15) is 35.9 Å². The molecule has 1 N–H and O–H groups in total. The van der Waals surface area contributed by atoms with Gasteiger partial charge in [-0.1, -0.05) is 58.9 Å². The fourth-order valence-corrected chi connectivity index (χ4v) is 4.09. The highest BCUT2D eigenvalue weighted by molar-refractivity contribution is 8.03. The Kier molecular flexibility index (Phi) is 13.0. The van der Waals surface area contributed by atoms with Gasteiger partial charge in [0.2, 0.25) is 0 Å². The lowest BCUT2D eigenvalue weighted by Gasteiger charge is -2.21. The first-order valence-corrected chi connectivity index (χ1v) is 13.3. The van der Waals surface area contributed by atoms with Gasteiger partial charge in [0.1, 0.15) is 0 Å². The summed E-state index contributed by atoms with van der Waals surface area (Å²) < 4.78 is 77.9. The molecule has 214 valence electrons. The minimum Gasteiger partial charge on any atom is -0.322 e. The van der Waals surface area contributed by atoms with E-state index in [1.807, 2.05) is 6.92 Å². The third-order valence-electron chi connectivity index (χ3n) is 5.32. The highest BCUT2D eigenvalue weighted by Gasteiger charge is 2.38. The molecule has 1 aromatic rings. The molecule has 0 aromatic heterocycles. The zero-order valence-corrected chi connectivity index (χ0v) is 23.4. The molecule has 1 aliphatic rings. The Balaban J connectivity index is 0.00000242. The van der Waals surface area contributed by atoms with Crippen molar-refractivity contribution in [1.29, 1.82) is 0 Å². The third kappa shape index (κ3) is 10.2. The molecule has 2 rings (SSSR count). The predicted molar refractivity (Wildman–Crippen MR) is 146 cm³/mol. The van der Waals surface area contributed by atoms with Crippen LogP contribution >= 0.6 is 11.8 Å². The van der Waals surface area contributed by atoms with Gasteiger partial charge < -0.3 is 5.32 Å². The van der Waals surface area contributed by atoms with Crippen LogP contribution in [0.1, 0.15) is 65.0 Å². The van der Waals surface area contributed by atoms with Gasteiger partial charge in [-0.3, -0.25) is 9.59 Å². The Morgan fingerprint density at radius 3 is 2.03 bits per heavy atom. The molecule has 0 unspecified atom stereocenters. The van der Waals surface area contributed by atoms with E-state index >= 15 is 0 Å². The molecule has 0 radical (unpaired) electrons. The molecule has 0 saturated heterocycles. The van der Waals surface area contributed by atoms with Gasteiger partial charge in [-0.15, -0.1) is 11.8 Å². The number of rotatable bonds is 8. The second-order valence-electron chi connectivity index (χ2n) is 8.54. The first-order valence-electron chi connectivity index (χ1n) is 12.3. The summed E-state index contributed by atoms with van der Waals surface area (Å²) in [5, 5.41) is 2.39. The van der Waals surface area contributed by atoms with E-state index in [0.717, 1.165) is 18.2 Å². The van der Waals surface area contributed by atoms with Crippen LogP contribution in [0.15, 0.2) is 76.4 Å². The zero-order valence-electron chi connectivity index (χ0n) is 22.6. The van der Waals surface area contributed by atoms with Crippen molar-refractivity contribution in [3.05, 3.63) is 87.5 Å². The van der Waals surface area contributed by atoms with Gasteiger partial charge in [0.15, 0.2) is 5.78 Å². The Labute approximate surface area is 229 Å². The maximum atomic E-state index is 13.2. The second kappa shape index (κ2) is 15.0. The van der Waals surface area contributed by atoms with Crippen LogP contribution in [-0.4, -0.2) is 23.6 Å². The van der Waals surface area contributed by atoms with Gasteiger partial charge in [-0.05, 0) is 54.5 Å². The number of nitrogens with one attached hydrogen (secondary N) is 1. The molecular weight excluding hydrogens is 540 g/mol. The van der Waals surface area contributed by atoms with Crippen molar-refractivity contribution in [2.75, 3.05) is 5.75 Å². The van der Waals surface area contributed by atoms with Crippen LogP contribution in [0.25, 0.3) is 5.57 Å². The lowest BCUT2D eigenvalue weighted by molar-refractivity contribution is -0.137. The summed E-state index contributed by atoms with van der Waals surface area (Å²) in [7, 11) is 0. The van der Waals surface area contributed by atoms with Crippen molar-refractivity contribution < 1.29 is 35.9 Å². The quantitative estimate of drug-likeness (QED) is 0.192. The van der Waals surface area contributed by atoms with Gasteiger partial charge >= 0.3 is 12.4 Å². The fraction of sp³-hybridized carbons (Fsp3) is 0.379. The number of thioether (sulfide) groups is 1. The van der Waals surface area contributed by atoms with E-state index in [4.69, 9.17) is 0 Å². The van der Waals surface area contributed by atoms with Crippen molar-refractivity contribution >= 4 is 29.0 Å². The number of carbonyl (C=O) groups excluding carboxylic acids is 2. The number of ketones is 1. The van der Waals surface area contributed by atoms with Crippen molar-refractivity contribution in [1.82, 2.24) is 5.32 Å². The van der Waals surface area contributed by atoms with Crippen molar-refractivity contribution in [3.8, 4) is 0 Å². The molecule has 0 heterocycles. The molecule has 10 heteroatoms. The van der Waals surface area contributed by atoms with E-state index in [1.54, 1.807) is 26.0 Å². The van der Waals surface area contributed by atoms with Gasteiger partial charge in [0.25, 0.3) is 5.91 Å². The van der Waals surface area contributed by atoms with E-state index in [2.05, 4.69) is 25.7 Å². The number of amides is 1. The molecule has 0 saturated carbocycles. The molecule has 3 nitrogen and oxygen atoms in total. The number of halogens is 6. The lowest BCUT2D eigenvalue weighted by atomic mass is 9.92. The van der Waals surface area contributed by atoms with Gasteiger partial charge in [-0.25, -0.2) is 0 Å². The average Bonchev–Trinajstić information content (AvgIpc) is 2.85. The second-order valence-corrected chi connectivity index (χ2v) is 9.85. The van der Waals surface area contributed by atoms with Crippen LogP contribution in [0.2, 0.25) is 0 Å². The Hall–Kier alpha value is -3.01. The number of hydrogen-bond acceptors (Lipinski definition) is 3. The first kappa shape index (κ1) is 34.0. The maximum absolute atomic E-state index is 13.2. The monoisotopic (exact) mass is 573 g/mol. The van der Waals surface area contributed by atoms with Gasteiger partial charge in [0, 0.05) is 33.7 Å². The maximum Gasteiger partial charge on any atom is 0.416 e. The first-order chi connectivity index (χ1) is 18.1. The van der Waals surface area contributed by atoms with Crippen molar-refractivity contribution in [2.24, 2.45) is 0 Å². The van der Waals surface area contributed by atoms with Crippen LogP contribution in [-0.2, 0) is 15.8 Å². The summed E-state index contributed by atoms with van der Waals surface area (Å²) in [4.78, 5) is 25.5. The number of benzene rings is 1. The minimum absolute atomic E-state index is 0.0266.